The van der Waals surface area contributed by atoms with Crippen molar-refractivity contribution in [3.8, 4) is 12.3 Å². The fraction of sp³-hybridized carbons (Fsp3) is 0.500. The normalized spacial score (nSPS) is 14.2. The van der Waals surface area contributed by atoms with E-state index < -0.39 is 0 Å². The molecule has 0 radical (unpaired) electrons. The van der Waals surface area contributed by atoms with E-state index in [0.717, 1.165) is 19.6 Å². The van der Waals surface area contributed by atoms with Crippen molar-refractivity contribution >= 4 is 0 Å². The highest BCUT2D eigenvalue weighted by atomic mass is 15.2. The zero-order valence-corrected chi connectivity index (χ0v) is 11.7. The van der Waals surface area contributed by atoms with Gasteiger partial charge in [0.05, 0.1) is 6.04 Å². The van der Waals surface area contributed by atoms with Gasteiger partial charge >= 0.3 is 0 Å². The SMILES string of the molecule is C#CC(C)NCC(c1ccccc1)N(CC)CC. The molecule has 0 aliphatic heterocycles. The van der Waals surface area contributed by atoms with Crippen LogP contribution in [0.25, 0.3) is 0 Å². The number of hydrogen-bond donors (Lipinski definition) is 1. The Morgan fingerprint density at radius 3 is 2.33 bits per heavy atom. The van der Waals surface area contributed by atoms with E-state index in [0.29, 0.717) is 6.04 Å². The highest BCUT2D eigenvalue weighted by Gasteiger charge is 2.17. The molecule has 0 saturated heterocycles. The van der Waals surface area contributed by atoms with E-state index in [1.165, 1.54) is 5.56 Å². The van der Waals surface area contributed by atoms with Crippen LogP contribution in [0.1, 0.15) is 32.4 Å². The van der Waals surface area contributed by atoms with E-state index in [1.807, 2.05) is 6.92 Å². The second-order valence-electron chi connectivity index (χ2n) is 4.44. The van der Waals surface area contributed by atoms with Crippen LogP contribution in [0, 0.1) is 12.3 Å². The van der Waals surface area contributed by atoms with Gasteiger partial charge in [-0.3, -0.25) is 4.90 Å². The molecule has 1 N–H and O–H groups in total. The Kier molecular flexibility index (Phi) is 6.49. The van der Waals surface area contributed by atoms with Crippen LogP contribution in [0.4, 0.5) is 0 Å². The predicted molar refractivity (Wildman–Crippen MR) is 78.4 cm³/mol. The molecule has 2 atom stereocenters. The number of nitrogens with zero attached hydrogens (tertiary/aromatic N) is 1. The van der Waals surface area contributed by atoms with E-state index in [1.54, 1.807) is 0 Å². The summed E-state index contributed by atoms with van der Waals surface area (Å²) in [6, 6.07) is 11.1. The first-order chi connectivity index (χ1) is 8.72. The van der Waals surface area contributed by atoms with Gasteiger partial charge in [0, 0.05) is 12.6 Å². The van der Waals surface area contributed by atoms with Crippen molar-refractivity contribution in [3.63, 3.8) is 0 Å². The first-order valence-electron chi connectivity index (χ1n) is 6.71. The standard InChI is InChI=1S/C16H24N2/c1-5-14(4)17-13-16(18(6-2)7-3)15-11-9-8-10-12-15/h1,8-12,14,16-17H,6-7,13H2,2-4H3. The lowest BCUT2D eigenvalue weighted by atomic mass is 10.0. The molecule has 0 spiro atoms. The van der Waals surface area contributed by atoms with E-state index >= 15 is 0 Å². The first-order valence-corrected chi connectivity index (χ1v) is 6.71. The van der Waals surface area contributed by atoms with Gasteiger partial charge in [0.2, 0.25) is 0 Å². The van der Waals surface area contributed by atoms with E-state index in [2.05, 4.69) is 60.3 Å². The average molecular weight is 244 g/mol. The summed E-state index contributed by atoms with van der Waals surface area (Å²) < 4.78 is 0. The average Bonchev–Trinajstić information content (AvgIpc) is 2.44. The number of hydrogen-bond acceptors (Lipinski definition) is 2. The molecule has 2 unspecified atom stereocenters. The van der Waals surface area contributed by atoms with Crippen molar-refractivity contribution in [2.24, 2.45) is 0 Å². The third-order valence-electron chi connectivity index (χ3n) is 3.30. The molecular weight excluding hydrogens is 220 g/mol. The summed E-state index contributed by atoms with van der Waals surface area (Å²) in [6.45, 7) is 9.39. The van der Waals surface area contributed by atoms with Gasteiger partial charge in [0.1, 0.15) is 0 Å². The molecule has 1 aromatic carbocycles. The molecule has 0 bridgehead atoms. The van der Waals surface area contributed by atoms with Gasteiger partial charge in [-0.05, 0) is 25.6 Å². The summed E-state index contributed by atoms with van der Waals surface area (Å²) in [7, 11) is 0. The minimum Gasteiger partial charge on any atom is -0.302 e. The van der Waals surface area contributed by atoms with Crippen molar-refractivity contribution in [3.05, 3.63) is 35.9 Å². The number of rotatable bonds is 7. The van der Waals surface area contributed by atoms with Crippen molar-refractivity contribution in [1.29, 1.82) is 0 Å². The minimum absolute atomic E-state index is 0.117. The lowest BCUT2D eigenvalue weighted by Gasteiger charge is -2.31. The summed E-state index contributed by atoms with van der Waals surface area (Å²) in [5.41, 5.74) is 1.35. The Labute approximate surface area is 111 Å². The zero-order valence-electron chi connectivity index (χ0n) is 11.7. The van der Waals surface area contributed by atoms with Crippen molar-refractivity contribution in [2.45, 2.75) is 32.9 Å². The molecule has 18 heavy (non-hydrogen) atoms. The molecule has 0 aromatic heterocycles. The molecular formula is C16H24N2. The third kappa shape index (κ3) is 4.18. The van der Waals surface area contributed by atoms with E-state index in [-0.39, 0.29) is 6.04 Å². The fourth-order valence-electron chi connectivity index (χ4n) is 2.14. The van der Waals surface area contributed by atoms with E-state index in [9.17, 15) is 0 Å². The second kappa shape index (κ2) is 7.92. The molecule has 2 heteroatoms. The summed E-state index contributed by atoms with van der Waals surface area (Å²) in [4.78, 5) is 2.45. The summed E-state index contributed by atoms with van der Waals surface area (Å²) in [5.74, 6) is 2.72. The fourth-order valence-corrected chi connectivity index (χ4v) is 2.14. The van der Waals surface area contributed by atoms with Crippen LogP contribution in [0.2, 0.25) is 0 Å². The quantitative estimate of drug-likeness (QED) is 0.742. The summed E-state index contributed by atoms with van der Waals surface area (Å²) >= 11 is 0. The van der Waals surface area contributed by atoms with Crippen LogP contribution in [0.5, 0.6) is 0 Å². The lowest BCUT2D eigenvalue weighted by molar-refractivity contribution is 0.212. The number of terminal acetylenes is 1. The van der Waals surface area contributed by atoms with Crippen molar-refractivity contribution < 1.29 is 0 Å². The molecule has 1 aromatic rings. The second-order valence-corrected chi connectivity index (χ2v) is 4.44. The van der Waals surface area contributed by atoms with Gasteiger partial charge in [0.15, 0.2) is 0 Å². The van der Waals surface area contributed by atoms with Gasteiger partial charge in [0.25, 0.3) is 0 Å². The van der Waals surface area contributed by atoms with Crippen LogP contribution in [0.3, 0.4) is 0 Å². The summed E-state index contributed by atoms with van der Waals surface area (Å²) in [6.07, 6.45) is 5.41. The molecule has 0 aliphatic rings. The largest absolute Gasteiger partial charge is 0.302 e. The number of nitrogens with one attached hydrogen (secondary N) is 1. The van der Waals surface area contributed by atoms with Crippen LogP contribution < -0.4 is 5.32 Å². The molecule has 0 amide bonds. The third-order valence-corrected chi connectivity index (χ3v) is 3.30. The Morgan fingerprint density at radius 2 is 1.83 bits per heavy atom. The Hall–Kier alpha value is -1.30. The maximum absolute atomic E-state index is 5.41. The van der Waals surface area contributed by atoms with Crippen LogP contribution in [-0.4, -0.2) is 30.6 Å². The molecule has 98 valence electrons. The van der Waals surface area contributed by atoms with Crippen LogP contribution in [0.15, 0.2) is 30.3 Å². The monoisotopic (exact) mass is 244 g/mol. The van der Waals surface area contributed by atoms with Gasteiger partial charge in [-0.1, -0.05) is 50.1 Å². The molecule has 0 heterocycles. The smallest absolute Gasteiger partial charge is 0.0658 e. The molecule has 2 nitrogen and oxygen atoms in total. The predicted octanol–water partition coefficient (Wildman–Crippen LogP) is 2.68. The van der Waals surface area contributed by atoms with Gasteiger partial charge < -0.3 is 5.32 Å². The number of benzene rings is 1. The minimum atomic E-state index is 0.117. The van der Waals surface area contributed by atoms with Crippen molar-refractivity contribution in [1.82, 2.24) is 10.2 Å². The molecule has 0 aliphatic carbocycles. The number of likely N-dealkylation sites (N-methyl/N-ethyl adjacent to an activating group) is 1. The van der Waals surface area contributed by atoms with Crippen LogP contribution >= 0.6 is 0 Å². The topological polar surface area (TPSA) is 15.3 Å². The Morgan fingerprint density at radius 1 is 1.22 bits per heavy atom. The highest BCUT2D eigenvalue weighted by Crippen LogP contribution is 2.19. The van der Waals surface area contributed by atoms with Gasteiger partial charge in [-0.2, -0.15) is 0 Å². The molecule has 0 saturated carbocycles. The molecule has 1 rings (SSSR count). The van der Waals surface area contributed by atoms with Crippen molar-refractivity contribution in [2.75, 3.05) is 19.6 Å². The Balaban J connectivity index is 2.79. The first kappa shape index (κ1) is 14.8. The maximum atomic E-state index is 5.41. The molecule has 0 fully saturated rings. The van der Waals surface area contributed by atoms with Gasteiger partial charge in [-0.25, -0.2) is 0 Å². The van der Waals surface area contributed by atoms with Crippen LogP contribution in [-0.2, 0) is 0 Å². The van der Waals surface area contributed by atoms with Gasteiger partial charge in [-0.15, -0.1) is 6.42 Å². The summed E-state index contributed by atoms with van der Waals surface area (Å²) in [5, 5.41) is 3.40. The highest BCUT2D eigenvalue weighted by molar-refractivity contribution is 5.19. The van der Waals surface area contributed by atoms with E-state index in [4.69, 9.17) is 6.42 Å². The maximum Gasteiger partial charge on any atom is 0.0658 e. The Bertz CT molecular complexity index is 362. The zero-order chi connectivity index (χ0) is 13.4. The lowest BCUT2D eigenvalue weighted by Crippen LogP contribution is -2.38.